The van der Waals surface area contributed by atoms with Crippen LogP contribution in [-0.4, -0.2) is 6.29 Å². The highest BCUT2D eigenvalue weighted by Crippen LogP contribution is 2.35. The van der Waals surface area contributed by atoms with Crippen molar-refractivity contribution in [2.75, 3.05) is 0 Å². The van der Waals surface area contributed by atoms with E-state index in [9.17, 15) is 4.79 Å². The standard InChI is InChI=1S/C11H9BrOS/c1-2-9-7(6-13)11-8(12)4-3-5-10(11)14-9/h3-6H,2H2,1H3. The second-order valence-electron chi connectivity index (χ2n) is 3.02. The van der Waals surface area contributed by atoms with E-state index in [1.807, 2.05) is 12.1 Å². The maximum absolute atomic E-state index is 11.0. The average Bonchev–Trinajstić information content (AvgIpc) is 2.56. The number of aryl methyl sites for hydroxylation is 1. The van der Waals surface area contributed by atoms with Crippen molar-refractivity contribution >= 4 is 43.6 Å². The highest BCUT2D eigenvalue weighted by atomic mass is 79.9. The van der Waals surface area contributed by atoms with Gasteiger partial charge < -0.3 is 0 Å². The lowest BCUT2D eigenvalue weighted by atomic mass is 10.1. The lowest BCUT2D eigenvalue weighted by Crippen LogP contribution is -1.83. The van der Waals surface area contributed by atoms with Crippen molar-refractivity contribution in [2.24, 2.45) is 0 Å². The highest BCUT2D eigenvalue weighted by molar-refractivity contribution is 9.10. The van der Waals surface area contributed by atoms with Gasteiger partial charge in [-0.1, -0.05) is 28.9 Å². The maximum atomic E-state index is 11.0. The summed E-state index contributed by atoms with van der Waals surface area (Å²) in [5, 5.41) is 1.06. The Balaban J connectivity index is 2.88. The van der Waals surface area contributed by atoms with Crippen LogP contribution in [0, 0.1) is 0 Å². The number of benzene rings is 1. The molecule has 0 radical (unpaired) electrons. The summed E-state index contributed by atoms with van der Waals surface area (Å²) in [7, 11) is 0. The summed E-state index contributed by atoms with van der Waals surface area (Å²) in [6, 6.07) is 6.02. The molecule has 0 fully saturated rings. The molecule has 0 saturated heterocycles. The first kappa shape index (κ1) is 9.87. The molecule has 2 rings (SSSR count). The quantitative estimate of drug-likeness (QED) is 0.752. The molecule has 0 spiro atoms. The molecule has 0 unspecified atom stereocenters. The SMILES string of the molecule is CCc1sc2cccc(Br)c2c1C=O. The molecular weight excluding hydrogens is 260 g/mol. The fraction of sp³-hybridized carbons (Fsp3) is 0.182. The zero-order valence-corrected chi connectivity index (χ0v) is 10.1. The molecule has 0 bridgehead atoms. The first-order valence-electron chi connectivity index (χ1n) is 4.43. The second kappa shape index (κ2) is 3.83. The van der Waals surface area contributed by atoms with Crippen LogP contribution in [0.2, 0.25) is 0 Å². The van der Waals surface area contributed by atoms with Gasteiger partial charge in [0.1, 0.15) is 0 Å². The van der Waals surface area contributed by atoms with Gasteiger partial charge in [-0.25, -0.2) is 0 Å². The largest absolute Gasteiger partial charge is 0.298 e. The van der Waals surface area contributed by atoms with Gasteiger partial charge in [0.25, 0.3) is 0 Å². The second-order valence-corrected chi connectivity index (χ2v) is 5.01. The zero-order valence-electron chi connectivity index (χ0n) is 7.71. The first-order chi connectivity index (χ1) is 6.77. The monoisotopic (exact) mass is 268 g/mol. The summed E-state index contributed by atoms with van der Waals surface area (Å²) in [4.78, 5) is 12.2. The normalized spacial score (nSPS) is 10.7. The lowest BCUT2D eigenvalue weighted by molar-refractivity contribution is 0.112. The summed E-state index contributed by atoms with van der Waals surface area (Å²) >= 11 is 5.18. The predicted molar refractivity (Wildman–Crippen MR) is 64.3 cm³/mol. The topological polar surface area (TPSA) is 17.1 Å². The van der Waals surface area contributed by atoms with E-state index in [2.05, 4.69) is 28.9 Å². The molecule has 1 heterocycles. The Bertz CT molecular complexity index is 487. The molecule has 72 valence electrons. The van der Waals surface area contributed by atoms with E-state index in [0.717, 1.165) is 28.1 Å². The Labute approximate surface area is 94.9 Å². The van der Waals surface area contributed by atoms with Crippen LogP contribution in [0.1, 0.15) is 22.2 Å². The fourth-order valence-corrected chi connectivity index (χ4v) is 3.41. The number of carbonyl (C=O) groups excluding carboxylic acids is 1. The van der Waals surface area contributed by atoms with E-state index in [4.69, 9.17) is 0 Å². The average molecular weight is 269 g/mol. The van der Waals surface area contributed by atoms with Crippen molar-refractivity contribution in [1.82, 2.24) is 0 Å². The van der Waals surface area contributed by atoms with Crippen molar-refractivity contribution in [3.05, 3.63) is 33.1 Å². The molecule has 0 N–H and O–H groups in total. The number of carbonyl (C=O) groups is 1. The van der Waals surface area contributed by atoms with Crippen molar-refractivity contribution in [3.8, 4) is 0 Å². The molecule has 1 nitrogen and oxygen atoms in total. The predicted octanol–water partition coefficient (Wildman–Crippen LogP) is 4.04. The number of hydrogen-bond acceptors (Lipinski definition) is 2. The minimum absolute atomic E-state index is 0.847. The minimum atomic E-state index is 0.847. The lowest BCUT2D eigenvalue weighted by Gasteiger charge is -1.94. The van der Waals surface area contributed by atoms with Crippen LogP contribution >= 0.6 is 27.3 Å². The molecule has 2 aromatic rings. The van der Waals surface area contributed by atoms with Crippen molar-refractivity contribution in [2.45, 2.75) is 13.3 Å². The van der Waals surface area contributed by atoms with E-state index in [0.29, 0.717) is 0 Å². The number of fused-ring (bicyclic) bond motifs is 1. The molecule has 0 amide bonds. The van der Waals surface area contributed by atoms with Gasteiger partial charge in [0, 0.05) is 25.0 Å². The molecule has 0 aliphatic carbocycles. The van der Waals surface area contributed by atoms with Gasteiger partial charge in [0.2, 0.25) is 0 Å². The Hall–Kier alpha value is -0.670. The van der Waals surface area contributed by atoms with E-state index in [1.54, 1.807) is 11.3 Å². The Morgan fingerprint density at radius 2 is 2.29 bits per heavy atom. The third-order valence-electron chi connectivity index (χ3n) is 2.22. The van der Waals surface area contributed by atoms with Gasteiger partial charge in [-0.3, -0.25) is 4.79 Å². The summed E-state index contributed by atoms with van der Waals surface area (Å²) in [6.07, 6.45) is 1.88. The minimum Gasteiger partial charge on any atom is -0.298 e. The van der Waals surface area contributed by atoms with Crippen LogP contribution in [0.25, 0.3) is 10.1 Å². The Morgan fingerprint density at radius 3 is 2.93 bits per heavy atom. The first-order valence-corrected chi connectivity index (χ1v) is 6.04. The Kier molecular flexibility index (Phi) is 2.70. The van der Waals surface area contributed by atoms with Gasteiger partial charge in [0.05, 0.1) is 0 Å². The summed E-state index contributed by atoms with van der Waals surface area (Å²) in [5.74, 6) is 0. The van der Waals surface area contributed by atoms with E-state index in [1.165, 1.54) is 9.58 Å². The number of hydrogen-bond donors (Lipinski definition) is 0. The van der Waals surface area contributed by atoms with Crippen LogP contribution in [-0.2, 0) is 6.42 Å². The molecular formula is C11H9BrOS. The van der Waals surface area contributed by atoms with E-state index < -0.39 is 0 Å². The molecule has 14 heavy (non-hydrogen) atoms. The number of thiophene rings is 1. The van der Waals surface area contributed by atoms with E-state index >= 15 is 0 Å². The van der Waals surface area contributed by atoms with Crippen LogP contribution in [0.15, 0.2) is 22.7 Å². The summed E-state index contributed by atoms with van der Waals surface area (Å²) in [5.41, 5.74) is 0.847. The number of aldehydes is 1. The van der Waals surface area contributed by atoms with Crippen LogP contribution in [0.3, 0.4) is 0 Å². The van der Waals surface area contributed by atoms with E-state index in [-0.39, 0.29) is 0 Å². The van der Waals surface area contributed by atoms with Crippen molar-refractivity contribution in [3.63, 3.8) is 0 Å². The van der Waals surface area contributed by atoms with Gasteiger partial charge >= 0.3 is 0 Å². The molecule has 0 aliphatic heterocycles. The summed E-state index contributed by atoms with van der Waals surface area (Å²) in [6.45, 7) is 2.08. The van der Waals surface area contributed by atoms with Crippen LogP contribution in [0.5, 0.6) is 0 Å². The van der Waals surface area contributed by atoms with Gasteiger partial charge in [0.15, 0.2) is 6.29 Å². The number of rotatable bonds is 2. The molecule has 0 aliphatic rings. The number of halogens is 1. The van der Waals surface area contributed by atoms with Gasteiger partial charge in [-0.15, -0.1) is 11.3 Å². The van der Waals surface area contributed by atoms with Crippen molar-refractivity contribution < 1.29 is 4.79 Å². The Morgan fingerprint density at radius 1 is 1.50 bits per heavy atom. The highest BCUT2D eigenvalue weighted by Gasteiger charge is 2.11. The third-order valence-corrected chi connectivity index (χ3v) is 4.19. The smallest absolute Gasteiger partial charge is 0.151 e. The third kappa shape index (κ3) is 1.41. The fourth-order valence-electron chi connectivity index (χ4n) is 1.57. The molecule has 0 saturated carbocycles. The zero-order chi connectivity index (χ0) is 10.1. The molecule has 1 aromatic carbocycles. The van der Waals surface area contributed by atoms with Crippen LogP contribution < -0.4 is 0 Å². The molecule has 3 heteroatoms. The molecule has 0 atom stereocenters. The summed E-state index contributed by atoms with van der Waals surface area (Å²) < 4.78 is 2.19. The maximum Gasteiger partial charge on any atom is 0.151 e. The van der Waals surface area contributed by atoms with Gasteiger partial charge in [-0.05, 0) is 18.6 Å². The van der Waals surface area contributed by atoms with Crippen LogP contribution in [0.4, 0.5) is 0 Å². The van der Waals surface area contributed by atoms with Crippen molar-refractivity contribution in [1.29, 1.82) is 0 Å². The molecule has 1 aromatic heterocycles. The van der Waals surface area contributed by atoms with Gasteiger partial charge in [-0.2, -0.15) is 0 Å².